The summed E-state index contributed by atoms with van der Waals surface area (Å²) in [6.45, 7) is 4.59. The molecule has 2 heterocycles. The zero-order valence-corrected chi connectivity index (χ0v) is 14.6. The third kappa shape index (κ3) is 4.11. The molecule has 0 aliphatic heterocycles. The summed E-state index contributed by atoms with van der Waals surface area (Å²) in [4.78, 5) is 17.3. The number of halogens is 1. The molecule has 120 valence electrons. The minimum atomic E-state index is 0.154. The van der Waals surface area contributed by atoms with Crippen LogP contribution in [-0.4, -0.2) is 30.4 Å². The molecule has 0 unspecified atom stereocenters. The topological polar surface area (TPSA) is 48.4 Å². The van der Waals surface area contributed by atoms with E-state index in [2.05, 4.69) is 4.98 Å². The average molecular weight is 342 g/mol. The molecule has 6 heteroatoms. The van der Waals surface area contributed by atoms with Crippen LogP contribution in [0.2, 0.25) is 0 Å². The van der Waals surface area contributed by atoms with Gasteiger partial charge in [-0.3, -0.25) is 4.79 Å². The SMILES string of the molecule is COc1nc2cc(C(=O)CC(C)C)sc2cc1OCCCCl. The lowest BCUT2D eigenvalue weighted by Gasteiger charge is -2.08. The largest absolute Gasteiger partial charge is 0.488 e. The lowest BCUT2D eigenvalue weighted by molar-refractivity contribution is 0.0972. The van der Waals surface area contributed by atoms with Crippen molar-refractivity contribution in [3.63, 3.8) is 0 Å². The van der Waals surface area contributed by atoms with E-state index < -0.39 is 0 Å². The smallest absolute Gasteiger partial charge is 0.257 e. The summed E-state index contributed by atoms with van der Waals surface area (Å²) in [5, 5.41) is 0. The molecule has 0 aliphatic rings. The zero-order valence-electron chi connectivity index (χ0n) is 13.0. The Morgan fingerprint density at radius 2 is 2.18 bits per heavy atom. The van der Waals surface area contributed by atoms with E-state index in [0.717, 1.165) is 21.5 Å². The number of pyridine rings is 1. The summed E-state index contributed by atoms with van der Waals surface area (Å²) < 4.78 is 11.9. The number of Topliss-reactive ketones (excluding diaryl/α,β-unsaturated/α-hetero) is 1. The van der Waals surface area contributed by atoms with Gasteiger partial charge in [0.2, 0.25) is 0 Å². The van der Waals surface area contributed by atoms with Gasteiger partial charge < -0.3 is 9.47 Å². The highest BCUT2D eigenvalue weighted by Crippen LogP contribution is 2.34. The van der Waals surface area contributed by atoms with Gasteiger partial charge in [0.1, 0.15) is 0 Å². The normalized spacial score (nSPS) is 11.1. The van der Waals surface area contributed by atoms with Crippen LogP contribution < -0.4 is 9.47 Å². The number of ketones is 1. The molecule has 22 heavy (non-hydrogen) atoms. The third-order valence-electron chi connectivity index (χ3n) is 3.03. The van der Waals surface area contributed by atoms with Crippen LogP contribution in [0.25, 0.3) is 10.2 Å². The molecule has 0 bridgehead atoms. The molecule has 0 atom stereocenters. The minimum Gasteiger partial charge on any atom is -0.488 e. The second-order valence-electron chi connectivity index (χ2n) is 5.40. The van der Waals surface area contributed by atoms with Crippen LogP contribution in [0.4, 0.5) is 0 Å². The number of rotatable bonds is 8. The Morgan fingerprint density at radius 3 is 2.82 bits per heavy atom. The first-order chi connectivity index (χ1) is 10.5. The maximum atomic E-state index is 12.2. The van der Waals surface area contributed by atoms with Crippen LogP contribution in [0.5, 0.6) is 11.6 Å². The predicted octanol–water partition coefficient (Wildman–Crippen LogP) is 4.54. The van der Waals surface area contributed by atoms with E-state index in [1.807, 2.05) is 26.0 Å². The van der Waals surface area contributed by atoms with Crippen molar-refractivity contribution in [1.29, 1.82) is 0 Å². The van der Waals surface area contributed by atoms with Gasteiger partial charge in [-0.15, -0.1) is 22.9 Å². The van der Waals surface area contributed by atoms with Gasteiger partial charge in [0, 0.05) is 18.4 Å². The average Bonchev–Trinajstić information content (AvgIpc) is 2.89. The lowest BCUT2D eigenvalue weighted by atomic mass is 10.1. The number of aromatic nitrogens is 1. The van der Waals surface area contributed by atoms with Crippen molar-refractivity contribution < 1.29 is 14.3 Å². The highest BCUT2D eigenvalue weighted by atomic mass is 35.5. The van der Waals surface area contributed by atoms with Crippen molar-refractivity contribution in [3.8, 4) is 11.6 Å². The molecule has 4 nitrogen and oxygen atoms in total. The van der Waals surface area contributed by atoms with Gasteiger partial charge >= 0.3 is 0 Å². The number of ether oxygens (including phenoxy) is 2. The summed E-state index contributed by atoms with van der Waals surface area (Å²) in [7, 11) is 1.56. The molecule has 0 aromatic carbocycles. The summed E-state index contributed by atoms with van der Waals surface area (Å²) in [5.74, 6) is 2.06. The molecule has 0 N–H and O–H groups in total. The molecule has 0 amide bonds. The van der Waals surface area contributed by atoms with Crippen LogP contribution in [0, 0.1) is 5.92 Å². The molecule has 0 spiro atoms. The lowest BCUT2D eigenvalue weighted by Crippen LogP contribution is -2.01. The van der Waals surface area contributed by atoms with E-state index in [9.17, 15) is 4.79 Å². The minimum absolute atomic E-state index is 0.154. The number of methoxy groups -OCH3 is 1. The number of hydrogen-bond donors (Lipinski definition) is 0. The van der Waals surface area contributed by atoms with Crippen molar-refractivity contribution in [2.45, 2.75) is 26.7 Å². The van der Waals surface area contributed by atoms with Crippen molar-refractivity contribution in [3.05, 3.63) is 17.0 Å². The molecule has 0 saturated carbocycles. The van der Waals surface area contributed by atoms with Crippen LogP contribution in [0.15, 0.2) is 12.1 Å². The quantitative estimate of drug-likeness (QED) is 0.402. The Bertz CT molecular complexity index is 654. The van der Waals surface area contributed by atoms with Crippen molar-refractivity contribution in [1.82, 2.24) is 4.98 Å². The zero-order chi connectivity index (χ0) is 16.1. The molecule has 0 radical (unpaired) electrons. The van der Waals surface area contributed by atoms with Crippen LogP contribution in [-0.2, 0) is 0 Å². The van der Waals surface area contributed by atoms with Gasteiger partial charge in [-0.2, -0.15) is 0 Å². The Labute approximate surface area is 139 Å². The van der Waals surface area contributed by atoms with Gasteiger partial charge in [0.25, 0.3) is 5.88 Å². The molecule has 2 rings (SSSR count). The fraction of sp³-hybridized carbons (Fsp3) is 0.500. The van der Waals surface area contributed by atoms with E-state index in [4.69, 9.17) is 21.1 Å². The predicted molar refractivity (Wildman–Crippen MR) is 90.8 cm³/mol. The molecule has 0 aliphatic carbocycles. The van der Waals surface area contributed by atoms with Gasteiger partial charge in [-0.05, 0) is 18.4 Å². The summed E-state index contributed by atoms with van der Waals surface area (Å²) >= 11 is 7.10. The second-order valence-corrected chi connectivity index (χ2v) is 6.86. The first kappa shape index (κ1) is 17.0. The summed E-state index contributed by atoms with van der Waals surface area (Å²) in [6.07, 6.45) is 1.30. The first-order valence-electron chi connectivity index (χ1n) is 7.25. The van der Waals surface area contributed by atoms with E-state index in [1.165, 1.54) is 11.3 Å². The standard InChI is InChI=1S/C16H20ClNO3S/c1-10(2)7-12(19)15-8-11-14(22-15)9-13(16(18-11)20-3)21-6-4-5-17/h8-10H,4-7H2,1-3H3. The fourth-order valence-electron chi connectivity index (χ4n) is 2.03. The number of alkyl halides is 1. The second kappa shape index (κ2) is 7.79. The molecule has 0 saturated heterocycles. The Kier molecular flexibility index (Phi) is 6.03. The van der Waals surface area contributed by atoms with Crippen molar-refractivity contribution in [2.75, 3.05) is 19.6 Å². The monoisotopic (exact) mass is 341 g/mol. The van der Waals surface area contributed by atoms with Gasteiger partial charge in [-0.25, -0.2) is 4.98 Å². The number of thiophene rings is 1. The number of carbonyl (C=O) groups is 1. The molecule has 2 aromatic heterocycles. The number of carbonyl (C=O) groups excluding carboxylic acids is 1. The van der Waals surface area contributed by atoms with E-state index in [1.54, 1.807) is 7.11 Å². The van der Waals surface area contributed by atoms with Gasteiger partial charge in [0.05, 0.1) is 28.8 Å². The maximum absolute atomic E-state index is 12.2. The number of fused-ring (bicyclic) bond motifs is 1. The Morgan fingerprint density at radius 1 is 1.41 bits per heavy atom. The first-order valence-corrected chi connectivity index (χ1v) is 8.60. The van der Waals surface area contributed by atoms with Crippen molar-refractivity contribution >= 4 is 38.9 Å². The Balaban J connectivity index is 2.29. The highest BCUT2D eigenvalue weighted by molar-refractivity contribution is 7.20. The van der Waals surface area contributed by atoms with Crippen LogP contribution in [0.1, 0.15) is 36.4 Å². The highest BCUT2D eigenvalue weighted by Gasteiger charge is 2.16. The van der Waals surface area contributed by atoms with E-state index in [-0.39, 0.29) is 5.78 Å². The van der Waals surface area contributed by atoms with E-state index in [0.29, 0.717) is 36.5 Å². The molecule has 2 aromatic rings. The van der Waals surface area contributed by atoms with Crippen LogP contribution >= 0.6 is 22.9 Å². The molecular weight excluding hydrogens is 322 g/mol. The summed E-state index contributed by atoms with van der Waals surface area (Å²) in [6, 6.07) is 3.71. The van der Waals surface area contributed by atoms with Crippen molar-refractivity contribution in [2.24, 2.45) is 5.92 Å². The number of nitrogens with zero attached hydrogens (tertiary/aromatic N) is 1. The fourth-order valence-corrected chi connectivity index (χ4v) is 3.12. The molecule has 0 fully saturated rings. The Hall–Kier alpha value is -1.33. The number of hydrogen-bond acceptors (Lipinski definition) is 5. The van der Waals surface area contributed by atoms with Gasteiger partial charge in [0.15, 0.2) is 11.5 Å². The van der Waals surface area contributed by atoms with E-state index >= 15 is 0 Å². The van der Waals surface area contributed by atoms with Crippen LogP contribution in [0.3, 0.4) is 0 Å². The third-order valence-corrected chi connectivity index (χ3v) is 4.41. The summed E-state index contributed by atoms with van der Waals surface area (Å²) in [5.41, 5.74) is 0.763. The molecular formula is C16H20ClNO3S. The van der Waals surface area contributed by atoms with Gasteiger partial charge in [-0.1, -0.05) is 13.8 Å². The maximum Gasteiger partial charge on any atom is 0.257 e.